The highest BCUT2D eigenvalue weighted by Crippen LogP contribution is 2.09. The first kappa shape index (κ1) is 13.4. The van der Waals surface area contributed by atoms with Gasteiger partial charge in [-0.25, -0.2) is 14.6 Å². The van der Waals surface area contributed by atoms with Crippen molar-refractivity contribution >= 4 is 12.0 Å². The number of nitrogens with one attached hydrogen (secondary N) is 2. The number of aromatic amines is 1. The number of carboxylic acids is 1. The Balaban J connectivity index is 1.92. The van der Waals surface area contributed by atoms with Gasteiger partial charge < -0.3 is 20.3 Å². The van der Waals surface area contributed by atoms with Gasteiger partial charge in [-0.2, -0.15) is 0 Å². The summed E-state index contributed by atoms with van der Waals surface area (Å²) in [7, 11) is 0. The van der Waals surface area contributed by atoms with Crippen molar-refractivity contribution in [3.8, 4) is 0 Å². The number of hydrogen-bond acceptors (Lipinski definition) is 3. The summed E-state index contributed by atoms with van der Waals surface area (Å²) in [6.07, 6.45) is 6.33. The van der Waals surface area contributed by atoms with E-state index in [2.05, 4.69) is 15.3 Å². The van der Waals surface area contributed by atoms with Crippen LogP contribution < -0.4 is 5.32 Å². The fraction of sp³-hybridized carbons (Fsp3) is 0.583. The molecule has 1 aliphatic rings. The van der Waals surface area contributed by atoms with Gasteiger partial charge in [-0.15, -0.1) is 0 Å². The van der Waals surface area contributed by atoms with Crippen LogP contribution >= 0.6 is 0 Å². The van der Waals surface area contributed by atoms with Crippen LogP contribution in [0.2, 0.25) is 0 Å². The molecule has 19 heavy (non-hydrogen) atoms. The second-order valence-electron chi connectivity index (χ2n) is 4.67. The third-order valence-corrected chi connectivity index (χ3v) is 3.22. The van der Waals surface area contributed by atoms with Gasteiger partial charge in [-0.3, -0.25) is 0 Å². The molecular weight excluding hydrogens is 248 g/mol. The van der Waals surface area contributed by atoms with Gasteiger partial charge in [0, 0.05) is 31.4 Å². The van der Waals surface area contributed by atoms with Crippen molar-refractivity contribution in [2.24, 2.45) is 0 Å². The number of H-pyrrole nitrogens is 1. The standard InChI is InChI=1S/C12H18N4O3/c17-11(18)10(6-9-7-13-8-14-9)15-12(19)16-4-2-1-3-5-16/h7-8,10H,1-6H2,(H,13,14)(H,15,19)(H,17,18). The van der Waals surface area contributed by atoms with Crippen molar-refractivity contribution < 1.29 is 14.7 Å². The summed E-state index contributed by atoms with van der Waals surface area (Å²) < 4.78 is 0. The van der Waals surface area contributed by atoms with Crippen molar-refractivity contribution in [1.82, 2.24) is 20.2 Å². The first-order valence-corrected chi connectivity index (χ1v) is 6.42. The zero-order valence-corrected chi connectivity index (χ0v) is 10.6. The van der Waals surface area contributed by atoms with Crippen LogP contribution in [0.3, 0.4) is 0 Å². The number of carbonyl (C=O) groups excluding carboxylic acids is 1. The summed E-state index contributed by atoms with van der Waals surface area (Å²) in [5, 5.41) is 11.7. The number of piperidine rings is 1. The second kappa shape index (κ2) is 6.21. The van der Waals surface area contributed by atoms with Crippen LogP contribution in [0.1, 0.15) is 25.0 Å². The number of aliphatic carboxylic acids is 1. The summed E-state index contributed by atoms with van der Waals surface area (Å²) in [5.74, 6) is -1.04. The number of hydrogen-bond donors (Lipinski definition) is 3. The average molecular weight is 266 g/mol. The highest BCUT2D eigenvalue weighted by atomic mass is 16.4. The molecule has 0 bridgehead atoms. The molecule has 0 aromatic carbocycles. The van der Waals surface area contributed by atoms with Gasteiger partial charge in [0.1, 0.15) is 6.04 Å². The molecule has 1 aromatic heterocycles. The highest BCUT2D eigenvalue weighted by Gasteiger charge is 2.24. The largest absolute Gasteiger partial charge is 0.480 e. The minimum atomic E-state index is -1.04. The number of urea groups is 1. The van der Waals surface area contributed by atoms with Crippen molar-refractivity contribution in [3.63, 3.8) is 0 Å². The lowest BCUT2D eigenvalue weighted by Gasteiger charge is -2.28. The Morgan fingerprint density at radius 3 is 2.74 bits per heavy atom. The Kier molecular flexibility index (Phi) is 4.38. The van der Waals surface area contributed by atoms with Crippen LogP contribution in [0.25, 0.3) is 0 Å². The summed E-state index contributed by atoms with van der Waals surface area (Å²) >= 11 is 0. The Labute approximate surface area is 111 Å². The van der Waals surface area contributed by atoms with Gasteiger partial charge >= 0.3 is 12.0 Å². The summed E-state index contributed by atoms with van der Waals surface area (Å²) in [6.45, 7) is 1.39. The maximum atomic E-state index is 12.0. The molecule has 7 heteroatoms. The molecule has 3 N–H and O–H groups in total. The molecule has 2 rings (SSSR count). The molecule has 1 atom stereocenters. The molecule has 1 aliphatic heterocycles. The predicted octanol–water partition coefficient (Wildman–Crippen LogP) is 0.601. The van der Waals surface area contributed by atoms with Gasteiger partial charge in [-0.1, -0.05) is 0 Å². The number of amides is 2. The first-order valence-electron chi connectivity index (χ1n) is 6.42. The van der Waals surface area contributed by atoms with Crippen LogP contribution in [0, 0.1) is 0 Å². The molecule has 1 aromatic rings. The monoisotopic (exact) mass is 266 g/mol. The number of likely N-dealkylation sites (tertiary alicyclic amines) is 1. The van der Waals surface area contributed by atoms with E-state index in [0.29, 0.717) is 18.8 Å². The molecule has 0 saturated carbocycles. The van der Waals surface area contributed by atoms with Gasteiger partial charge in [-0.05, 0) is 19.3 Å². The van der Waals surface area contributed by atoms with E-state index < -0.39 is 12.0 Å². The van der Waals surface area contributed by atoms with E-state index in [4.69, 9.17) is 5.11 Å². The molecule has 1 unspecified atom stereocenters. The summed E-state index contributed by atoms with van der Waals surface area (Å²) in [6, 6.07) is -1.23. The molecular formula is C12H18N4O3. The molecule has 2 amide bonds. The maximum absolute atomic E-state index is 12.0. The van der Waals surface area contributed by atoms with E-state index in [1.807, 2.05) is 0 Å². The zero-order valence-electron chi connectivity index (χ0n) is 10.6. The maximum Gasteiger partial charge on any atom is 0.326 e. The lowest BCUT2D eigenvalue weighted by Crippen LogP contribution is -2.50. The minimum absolute atomic E-state index is 0.203. The fourth-order valence-electron chi connectivity index (χ4n) is 2.15. The number of carbonyl (C=O) groups is 2. The van der Waals surface area contributed by atoms with Crippen LogP contribution in [-0.2, 0) is 11.2 Å². The van der Waals surface area contributed by atoms with Crippen LogP contribution in [-0.4, -0.2) is 51.1 Å². The average Bonchev–Trinajstić information content (AvgIpc) is 2.91. The van der Waals surface area contributed by atoms with E-state index >= 15 is 0 Å². The van der Waals surface area contributed by atoms with Crippen LogP contribution in [0.5, 0.6) is 0 Å². The topological polar surface area (TPSA) is 98.3 Å². The Morgan fingerprint density at radius 1 is 1.42 bits per heavy atom. The molecule has 7 nitrogen and oxygen atoms in total. The Morgan fingerprint density at radius 2 is 2.16 bits per heavy atom. The number of carboxylic acid groups (broad SMARTS) is 1. The third kappa shape index (κ3) is 3.70. The van der Waals surface area contributed by atoms with E-state index in [1.165, 1.54) is 6.33 Å². The second-order valence-corrected chi connectivity index (χ2v) is 4.67. The zero-order chi connectivity index (χ0) is 13.7. The van der Waals surface area contributed by atoms with Gasteiger partial charge in [0.2, 0.25) is 0 Å². The molecule has 1 saturated heterocycles. The molecule has 1 fully saturated rings. The van der Waals surface area contributed by atoms with E-state index in [-0.39, 0.29) is 12.5 Å². The minimum Gasteiger partial charge on any atom is -0.480 e. The normalized spacial score (nSPS) is 16.9. The van der Waals surface area contributed by atoms with Crippen LogP contribution in [0.4, 0.5) is 4.79 Å². The highest BCUT2D eigenvalue weighted by molar-refractivity contribution is 5.82. The quantitative estimate of drug-likeness (QED) is 0.743. The summed E-state index contributed by atoms with van der Waals surface area (Å²) in [4.78, 5) is 31.5. The molecule has 0 spiro atoms. The van der Waals surface area contributed by atoms with Crippen molar-refractivity contribution in [3.05, 3.63) is 18.2 Å². The van der Waals surface area contributed by atoms with Crippen molar-refractivity contribution in [2.75, 3.05) is 13.1 Å². The number of rotatable bonds is 4. The number of imidazole rings is 1. The lowest BCUT2D eigenvalue weighted by atomic mass is 10.1. The van der Waals surface area contributed by atoms with Crippen molar-refractivity contribution in [1.29, 1.82) is 0 Å². The molecule has 2 heterocycles. The molecule has 0 radical (unpaired) electrons. The van der Waals surface area contributed by atoms with E-state index in [0.717, 1.165) is 19.3 Å². The third-order valence-electron chi connectivity index (χ3n) is 3.22. The Hall–Kier alpha value is -2.05. The number of nitrogens with zero attached hydrogens (tertiary/aromatic N) is 2. The Bertz CT molecular complexity index is 426. The lowest BCUT2D eigenvalue weighted by molar-refractivity contribution is -0.139. The SMILES string of the molecule is O=C(O)C(Cc1cnc[nH]1)NC(=O)N1CCCCC1. The van der Waals surface area contributed by atoms with E-state index in [9.17, 15) is 9.59 Å². The molecule has 0 aliphatic carbocycles. The van der Waals surface area contributed by atoms with Gasteiger partial charge in [0.25, 0.3) is 0 Å². The predicted molar refractivity (Wildman–Crippen MR) is 67.7 cm³/mol. The smallest absolute Gasteiger partial charge is 0.326 e. The number of aromatic nitrogens is 2. The van der Waals surface area contributed by atoms with E-state index in [1.54, 1.807) is 11.1 Å². The molecule has 104 valence electrons. The van der Waals surface area contributed by atoms with Crippen LogP contribution in [0.15, 0.2) is 12.5 Å². The van der Waals surface area contributed by atoms with Gasteiger partial charge in [0.15, 0.2) is 0 Å². The van der Waals surface area contributed by atoms with Gasteiger partial charge in [0.05, 0.1) is 6.33 Å². The first-order chi connectivity index (χ1) is 9.16. The van der Waals surface area contributed by atoms with Crippen molar-refractivity contribution in [2.45, 2.75) is 31.7 Å². The fourth-order valence-corrected chi connectivity index (χ4v) is 2.15. The summed E-state index contributed by atoms with van der Waals surface area (Å²) in [5.41, 5.74) is 0.686.